The minimum atomic E-state index is -0.692. The van der Waals surface area contributed by atoms with E-state index in [0.29, 0.717) is 12.0 Å². The van der Waals surface area contributed by atoms with Crippen LogP contribution in [0.25, 0.3) is 0 Å². The number of benzene rings is 1. The largest absolute Gasteiger partial charge is 0.325 e. The molecule has 0 aromatic heterocycles. The molecule has 2 saturated heterocycles. The van der Waals surface area contributed by atoms with Crippen molar-refractivity contribution in [3.8, 4) is 0 Å². The normalized spacial score (nSPS) is 24.5. The smallest absolute Gasteiger partial charge is 0.238 e. The minimum Gasteiger partial charge on any atom is -0.325 e. The SMILES string of the molecule is Cl.O=C(CN1CCC2NCCC2C1)Nc1cc(F)cc(F)c1. The van der Waals surface area contributed by atoms with E-state index in [-0.39, 0.29) is 30.5 Å². The summed E-state index contributed by atoms with van der Waals surface area (Å²) in [6.07, 6.45) is 2.20. The molecule has 2 fully saturated rings. The summed E-state index contributed by atoms with van der Waals surface area (Å²) in [5.74, 6) is -1.01. The van der Waals surface area contributed by atoms with Crippen molar-refractivity contribution in [1.29, 1.82) is 0 Å². The van der Waals surface area contributed by atoms with Gasteiger partial charge in [0.1, 0.15) is 11.6 Å². The van der Waals surface area contributed by atoms with Gasteiger partial charge in [-0.1, -0.05) is 0 Å². The maximum absolute atomic E-state index is 13.1. The zero-order valence-corrected chi connectivity index (χ0v) is 13.0. The lowest BCUT2D eigenvalue weighted by Gasteiger charge is -2.34. The summed E-state index contributed by atoms with van der Waals surface area (Å²) < 4.78 is 26.2. The van der Waals surface area contributed by atoms with E-state index in [2.05, 4.69) is 15.5 Å². The van der Waals surface area contributed by atoms with Crippen molar-refractivity contribution in [2.24, 2.45) is 5.92 Å². The predicted molar refractivity (Wildman–Crippen MR) is 83.2 cm³/mol. The number of rotatable bonds is 3. The van der Waals surface area contributed by atoms with Crippen LogP contribution in [0.5, 0.6) is 0 Å². The predicted octanol–water partition coefficient (Wildman–Crippen LogP) is 2.01. The Kier molecular flexibility index (Phi) is 5.72. The van der Waals surface area contributed by atoms with Crippen LogP contribution in [0.15, 0.2) is 18.2 Å². The number of anilines is 1. The van der Waals surface area contributed by atoms with Crippen LogP contribution in [-0.2, 0) is 4.79 Å². The van der Waals surface area contributed by atoms with Gasteiger partial charge in [-0.15, -0.1) is 12.4 Å². The molecule has 2 aliphatic rings. The molecule has 7 heteroatoms. The number of nitrogens with one attached hydrogen (secondary N) is 2. The standard InChI is InChI=1S/C15H19F2N3O.ClH/c16-11-5-12(17)7-13(6-11)19-15(21)9-20-4-2-14-10(8-20)1-3-18-14;/h5-7,10,14,18H,1-4,8-9H2,(H,19,21);1H. The molecular weight excluding hydrogens is 312 g/mol. The second kappa shape index (κ2) is 7.35. The van der Waals surface area contributed by atoms with Gasteiger partial charge in [0.05, 0.1) is 6.54 Å². The van der Waals surface area contributed by atoms with Crippen LogP contribution >= 0.6 is 12.4 Å². The van der Waals surface area contributed by atoms with Crippen molar-refractivity contribution in [3.63, 3.8) is 0 Å². The Morgan fingerprint density at radius 2 is 2.00 bits per heavy atom. The van der Waals surface area contributed by atoms with Crippen molar-refractivity contribution in [2.75, 3.05) is 31.5 Å². The molecule has 122 valence electrons. The summed E-state index contributed by atoms with van der Waals surface area (Å²) in [5.41, 5.74) is 0.162. The number of nitrogens with zero attached hydrogens (tertiary/aromatic N) is 1. The summed E-state index contributed by atoms with van der Waals surface area (Å²) in [5, 5.41) is 6.03. The van der Waals surface area contributed by atoms with Gasteiger partial charge >= 0.3 is 0 Å². The Hall–Kier alpha value is -1.24. The Morgan fingerprint density at radius 1 is 1.27 bits per heavy atom. The molecule has 22 heavy (non-hydrogen) atoms. The number of piperidine rings is 1. The van der Waals surface area contributed by atoms with Gasteiger partial charge in [0, 0.05) is 30.9 Å². The summed E-state index contributed by atoms with van der Waals surface area (Å²) in [7, 11) is 0. The Bertz CT molecular complexity index is 523. The third kappa shape index (κ3) is 4.15. The van der Waals surface area contributed by atoms with Gasteiger partial charge in [0.15, 0.2) is 0 Å². The van der Waals surface area contributed by atoms with Crippen LogP contribution in [0.2, 0.25) is 0 Å². The highest BCUT2D eigenvalue weighted by atomic mass is 35.5. The molecule has 0 spiro atoms. The summed E-state index contributed by atoms with van der Waals surface area (Å²) >= 11 is 0. The molecule has 1 aromatic rings. The van der Waals surface area contributed by atoms with Crippen LogP contribution in [0.3, 0.4) is 0 Å². The van der Waals surface area contributed by atoms with Crippen LogP contribution in [0.1, 0.15) is 12.8 Å². The second-order valence-electron chi connectivity index (χ2n) is 5.84. The number of halogens is 3. The first-order chi connectivity index (χ1) is 10.1. The van der Waals surface area contributed by atoms with Crippen molar-refractivity contribution in [2.45, 2.75) is 18.9 Å². The van der Waals surface area contributed by atoms with Gasteiger partial charge in [-0.2, -0.15) is 0 Å². The number of hydrogen-bond acceptors (Lipinski definition) is 3. The van der Waals surface area contributed by atoms with E-state index in [0.717, 1.165) is 50.7 Å². The fourth-order valence-electron chi connectivity index (χ4n) is 3.30. The maximum atomic E-state index is 13.1. The first-order valence-electron chi connectivity index (χ1n) is 7.32. The van der Waals surface area contributed by atoms with E-state index < -0.39 is 11.6 Å². The fraction of sp³-hybridized carbons (Fsp3) is 0.533. The lowest BCUT2D eigenvalue weighted by molar-refractivity contribution is -0.117. The highest BCUT2D eigenvalue weighted by Crippen LogP contribution is 2.24. The number of carbonyl (C=O) groups is 1. The zero-order chi connectivity index (χ0) is 14.8. The average Bonchev–Trinajstić information content (AvgIpc) is 2.84. The molecule has 0 radical (unpaired) electrons. The highest BCUT2D eigenvalue weighted by Gasteiger charge is 2.32. The minimum absolute atomic E-state index is 0. The highest BCUT2D eigenvalue weighted by molar-refractivity contribution is 5.92. The number of hydrogen-bond donors (Lipinski definition) is 2. The topological polar surface area (TPSA) is 44.4 Å². The summed E-state index contributed by atoms with van der Waals surface area (Å²) in [4.78, 5) is 14.1. The molecular formula is C15H20ClF2N3O. The van der Waals surface area contributed by atoms with Crippen LogP contribution < -0.4 is 10.6 Å². The van der Waals surface area contributed by atoms with Crippen LogP contribution in [0.4, 0.5) is 14.5 Å². The number of fused-ring (bicyclic) bond motifs is 1. The summed E-state index contributed by atoms with van der Waals surface area (Å²) in [6.45, 7) is 3.10. The Balaban J connectivity index is 0.00000176. The fourth-order valence-corrected chi connectivity index (χ4v) is 3.30. The molecule has 2 N–H and O–H groups in total. The lowest BCUT2D eigenvalue weighted by atomic mass is 9.93. The number of carbonyl (C=O) groups excluding carboxylic acids is 1. The third-order valence-corrected chi connectivity index (χ3v) is 4.25. The third-order valence-electron chi connectivity index (χ3n) is 4.25. The van der Waals surface area contributed by atoms with Gasteiger partial charge in [-0.25, -0.2) is 8.78 Å². The molecule has 1 amide bonds. The van der Waals surface area contributed by atoms with Gasteiger partial charge in [-0.3, -0.25) is 9.69 Å². The van der Waals surface area contributed by atoms with E-state index >= 15 is 0 Å². The van der Waals surface area contributed by atoms with Gasteiger partial charge < -0.3 is 10.6 Å². The number of likely N-dealkylation sites (tertiary alicyclic amines) is 1. The maximum Gasteiger partial charge on any atom is 0.238 e. The van der Waals surface area contributed by atoms with E-state index in [9.17, 15) is 13.6 Å². The van der Waals surface area contributed by atoms with E-state index in [1.165, 1.54) is 0 Å². The molecule has 3 rings (SSSR count). The molecule has 0 bridgehead atoms. The quantitative estimate of drug-likeness (QED) is 0.890. The van der Waals surface area contributed by atoms with Crippen molar-refractivity contribution in [3.05, 3.63) is 29.8 Å². The van der Waals surface area contributed by atoms with Gasteiger partial charge in [0.2, 0.25) is 5.91 Å². The Labute approximate surface area is 134 Å². The Morgan fingerprint density at radius 3 is 2.73 bits per heavy atom. The van der Waals surface area contributed by atoms with Gasteiger partial charge in [-0.05, 0) is 37.4 Å². The van der Waals surface area contributed by atoms with Crippen molar-refractivity contribution >= 4 is 24.0 Å². The van der Waals surface area contributed by atoms with Crippen molar-refractivity contribution in [1.82, 2.24) is 10.2 Å². The molecule has 0 aliphatic carbocycles. The second-order valence-corrected chi connectivity index (χ2v) is 5.84. The molecule has 4 nitrogen and oxygen atoms in total. The zero-order valence-electron chi connectivity index (χ0n) is 12.1. The molecule has 2 unspecified atom stereocenters. The monoisotopic (exact) mass is 331 g/mol. The molecule has 2 atom stereocenters. The lowest BCUT2D eigenvalue weighted by Crippen LogP contribution is -2.46. The number of amides is 1. The van der Waals surface area contributed by atoms with Gasteiger partial charge in [0.25, 0.3) is 0 Å². The van der Waals surface area contributed by atoms with E-state index in [4.69, 9.17) is 0 Å². The van der Waals surface area contributed by atoms with Crippen molar-refractivity contribution < 1.29 is 13.6 Å². The first kappa shape index (κ1) is 17.1. The van der Waals surface area contributed by atoms with Crippen LogP contribution in [-0.4, -0.2) is 43.0 Å². The van der Waals surface area contributed by atoms with Crippen LogP contribution in [0, 0.1) is 17.6 Å². The summed E-state index contributed by atoms with van der Waals surface area (Å²) in [6, 6.07) is 3.61. The molecule has 1 aromatic carbocycles. The molecule has 2 aliphatic heterocycles. The average molecular weight is 332 g/mol. The molecule has 2 heterocycles. The first-order valence-corrected chi connectivity index (χ1v) is 7.32. The van der Waals surface area contributed by atoms with E-state index in [1.807, 2.05) is 0 Å². The van der Waals surface area contributed by atoms with E-state index in [1.54, 1.807) is 0 Å². The molecule has 0 saturated carbocycles.